The van der Waals surface area contributed by atoms with Gasteiger partial charge in [0.2, 0.25) is 5.91 Å². The van der Waals surface area contributed by atoms with Crippen molar-refractivity contribution in [2.45, 2.75) is 25.3 Å². The number of likely N-dealkylation sites (N-methyl/N-ethyl adjacent to an activating group) is 1. The molecule has 0 bridgehead atoms. The minimum absolute atomic E-state index is 0.0295. The summed E-state index contributed by atoms with van der Waals surface area (Å²) in [6.07, 6.45) is 2.27. The number of ether oxygens (including phenoxy) is 1. The van der Waals surface area contributed by atoms with E-state index in [9.17, 15) is 14.0 Å². The normalized spacial score (nSPS) is 15.6. The van der Waals surface area contributed by atoms with Crippen LogP contribution in [0.2, 0.25) is 0 Å². The molecule has 2 aromatic rings. The van der Waals surface area contributed by atoms with Gasteiger partial charge >= 0.3 is 0 Å². The first-order chi connectivity index (χ1) is 14.5. The molecule has 2 aromatic carbocycles. The summed E-state index contributed by atoms with van der Waals surface area (Å²) in [5.41, 5.74) is 1.69. The largest absolute Gasteiger partial charge is 0.375 e. The topological polar surface area (TPSA) is 49.9 Å². The molecule has 1 heterocycles. The number of likely N-dealkylation sites (tertiary alicyclic amines) is 1. The zero-order valence-corrected chi connectivity index (χ0v) is 17.6. The lowest BCUT2D eigenvalue weighted by Gasteiger charge is -2.40. The molecule has 6 heteroatoms. The highest BCUT2D eigenvalue weighted by molar-refractivity contribution is 5.94. The Morgan fingerprint density at radius 2 is 1.73 bits per heavy atom. The second-order valence-electron chi connectivity index (χ2n) is 7.83. The van der Waals surface area contributed by atoms with E-state index in [2.05, 4.69) is 0 Å². The molecule has 160 valence electrons. The Kier molecular flexibility index (Phi) is 7.57. The first kappa shape index (κ1) is 22.0. The predicted octanol–water partition coefficient (Wildman–Crippen LogP) is 3.39. The number of hydrogen-bond acceptors (Lipinski definition) is 3. The van der Waals surface area contributed by atoms with Gasteiger partial charge in [0.1, 0.15) is 12.4 Å². The van der Waals surface area contributed by atoms with Gasteiger partial charge in [0, 0.05) is 38.9 Å². The highest BCUT2D eigenvalue weighted by atomic mass is 19.1. The highest BCUT2D eigenvalue weighted by Crippen LogP contribution is 2.27. The van der Waals surface area contributed by atoms with Crippen molar-refractivity contribution in [3.63, 3.8) is 0 Å². The average Bonchev–Trinajstić information content (AvgIpc) is 2.78. The first-order valence-electron chi connectivity index (χ1n) is 10.3. The molecule has 1 aliphatic heterocycles. The quantitative estimate of drug-likeness (QED) is 0.700. The van der Waals surface area contributed by atoms with Crippen LogP contribution in [0.25, 0.3) is 0 Å². The van der Waals surface area contributed by atoms with Crippen molar-refractivity contribution < 1.29 is 18.7 Å². The summed E-state index contributed by atoms with van der Waals surface area (Å²) < 4.78 is 18.3. The minimum atomic E-state index is -0.271. The summed E-state index contributed by atoms with van der Waals surface area (Å²) in [5.74, 6) is -0.0483. The Labute approximate surface area is 177 Å². The molecular formula is C24H29FN2O3. The van der Waals surface area contributed by atoms with Crippen LogP contribution in [0.4, 0.5) is 4.39 Å². The molecule has 1 aliphatic rings. The number of piperidine rings is 1. The lowest BCUT2D eigenvalue weighted by molar-refractivity contribution is -0.137. The molecule has 0 aromatic heterocycles. The van der Waals surface area contributed by atoms with Crippen LogP contribution in [0.5, 0.6) is 0 Å². The summed E-state index contributed by atoms with van der Waals surface area (Å²) >= 11 is 0. The number of benzene rings is 2. The van der Waals surface area contributed by atoms with E-state index in [1.54, 1.807) is 24.1 Å². The molecule has 0 spiro atoms. The van der Waals surface area contributed by atoms with E-state index in [0.717, 1.165) is 18.4 Å². The van der Waals surface area contributed by atoms with Gasteiger partial charge in [0.05, 0.1) is 0 Å². The summed E-state index contributed by atoms with van der Waals surface area (Å²) in [4.78, 5) is 28.9. The minimum Gasteiger partial charge on any atom is -0.375 e. The van der Waals surface area contributed by atoms with Gasteiger partial charge in [-0.2, -0.15) is 0 Å². The maximum Gasteiger partial charge on any atom is 0.253 e. The van der Waals surface area contributed by atoms with Gasteiger partial charge in [-0.25, -0.2) is 4.39 Å². The summed E-state index contributed by atoms with van der Waals surface area (Å²) in [6, 6.07) is 15.7. The number of nitrogens with zero attached hydrogens (tertiary/aromatic N) is 2. The van der Waals surface area contributed by atoms with Gasteiger partial charge in [-0.15, -0.1) is 0 Å². The highest BCUT2D eigenvalue weighted by Gasteiger charge is 2.32. The Hall–Kier alpha value is -2.73. The second kappa shape index (κ2) is 10.3. The maximum absolute atomic E-state index is 13.3. The standard InChI is InChI=1S/C24H29FN2O3/c1-26(23(28)17-30-2)22(16-18-8-10-21(25)11-9-18)19-12-14-27(15-13-19)24(29)20-6-4-3-5-7-20/h3-11,19,22H,12-17H2,1-2H3. The van der Waals surface area contributed by atoms with Crippen LogP contribution in [0.3, 0.4) is 0 Å². The van der Waals surface area contributed by atoms with E-state index in [1.165, 1.54) is 19.2 Å². The average molecular weight is 413 g/mol. The molecule has 0 N–H and O–H groups in total. The fraction of sp³-hybridized carbons (Fsp3) is 0.417. The van der Waals surface area contributed by atoms with E-state index in [-0.39, 0.29) is 36.2 Å². The Morgan fingerprint density at radius 3 is 2.33 bits per heavy atom. The fourth-order valence-electron chi connectivity index (χ4n) is 4.14. The van der Waals surface area contributed by atoms with Crippen LogP contribution in [0, 0.1) is 11.7 Å². The van der Waals surface area contributed by atoms with Crippen molar-refractivity contribution >= 4 is 11.8 Å². The molecule has 2 amide bonds. The van der Waals surface area contributed by atoms with E-state index in [0.29, 0.717) is 25.1 Å². The van der Waals surface area contributed by atoms with Crippen molar-refractivity contribution in [2.75, 3.05) is 33.9 Å². The molecule has 1 fully saturated rings. The number of carbonyl (C=O) groups is 2. The lowest BCUT2D eigenvalue weighted by Crippen LogP contribution is -2.49. The third-order valence-corrected chi connectivity index (χ3v) is 5.91. The van der Waals surface area contributed by atoms with Crippen LogP contribution in [0.1, 0.15) is 28.8 Å². The van der Waals surface area contributed by atoms with Crippen molar-refractivity contribution in [1.82, 2.24) is 9.80 Å². The zero-order valence-electron chi connectivity index (χ0n) is 17.6. The van der Waals surface area contributed by atoms with E-state index in [1.807, 2.05) is 35.2 Å². The van der Waals surface area contributed by atoms with E-state index >= 15 is 0 Å². The van der Waals surface area contributed by atoms with E-state index in [4.69, 9.17) is 4.74 Å². The molecule has 0 radical (unpaired) electrons. The Balaban J connectivity index is 1.70. The van der Waals surface area contributed by atoms with Gasteiger partial charge in [0.25, 0.3) is 5.91 Å². The van der Waals surface area contributed by atoms with Crippen molar-refractivity contribution in [2.24, 2.45) is 5.92 Å². The molecule has 1 saturated heterocycles. The molecular weight excluding hydrogens is 383 g/mol. The monoisotopic (exact) mass is 412 g/mol. The summed E-state index contributed by atoms with van der Waals surface area (Å²) in [6.45, 7) is 1.34. The third-order valence-electron chi connectivity index (χ3n) is 5.91. The van der Waals surface area contributed by atoms with Crippen LogP contribution in [0.15, 0.2) is 54.6 Å². The summed E-state index contributed by atoms with van der Waals surface area (Å²) in [7, 11) is 3.31. The van der Waals surface area contributed by atoms with Gasteiger partial charge in [0.15, 0.2) is 0 Å². The molecule has 0 aliphatic carbocycles. The number of carbonyl (C=O) groups excluding carboxylic acids is 2. The Morgan fingerprint density at radius 1 is 1.10 bits per heavy atom. The van der Waals surface area contributed by atoms with Gasteiger partial charge in [-0.1, -0.05) is 30.3 Å². The summed E-state index contributed by atoms with van der Waals surface area (Å²) in [5, 5.41) is 0. The molecule has 30 heavy (non-hydrogen) atoms. The number of amides is 2. The van der Waals surface area contributed by atoms with Crippen LogP contribution in [-0.4, -0.2) is 61.5 Å². The third kappa shape index (κ3) is 5.45. The number of rotatable bonds is 7. The molecule has 3 rings (SSSR count). The SMILES string of the molecule is COCC(=O)N(C)C(Cc1ccc(F)cc1)C1CCN(C(=O)c2ccccc2)CC1. The smallest absolute Gasteiger partial charge is 0.253 e. The van der Waals surface area contributed by atoms with Crippen molar-refractivity contribution in [3.8, 4) is 0 Å². The van der Waals surface area contributed by atoms with Gasteiger partial charge in [-0.05, 0) is 55.0 Å². The number of hydrogen-bond donors (Lipinski definition) is 0. The molecule has 5 nitrogen and oxygen atoms in total. The van der Waals surface area contributed by atoms with Gasteiger partial charge in [-0.3, -0.25) is 9.59 Å². The molecule has 1 unspecified atom stereocenters. The lowest BCUT2D eigenvalue weighted by atomic mass is 9.84. The van der Waals surface area contributed by atoms with E-state index < -0.39 is 0 Å². The predicted molar refractivity (Wildman–Crippen MR) is 114 cm³/mol. The molecule has 1 atom stereocenters. The van der Waals surface area contributed by atoms with Crippen molar-refractivity contribution in [1.29, 1.82) is 0 Å². The van der Waals surface area contributed by atoms with Crippen molar-refractivity contribution in [3.05, 3.63) is 71.5 Å². The number of methoxy groups -OCH3 is 1. The number of halogens is 1. The Bertz CT molecular complexity index is 833. The molecule has 0 saturated carbocycles. The second-order valence-corrected chi connectivity index (χ2v) is 7.83. The van der Waals surface area contributed by atoms with Crippen LogP contribution in [-0.2, 0) is 16.0 Å². The zero-order chi connectivity index (χ0) is 21.5. The fourth-order valence-corrected chi connectivity index (χ4v) is 4.14. The first-order valence-corrected chi connectivity index (χ1v) is 10.3. The van der Waals surface area contributed by atoms with Gasteiger partial charge < -0.3 is 14.5 Å². The van der Waals surface area contributed by atoms with Crippen LogP contribution >= 0.6 is 0 Å². The van der Waals surface area contributed by atoms with Crippen LogP contribution < -0.4 is 0 Å². The maximum atomic E-state index is 13.3.